The molecule has 1 atom stereocenters. The molecule has 6 nitrogen and oxygen atoms in total. The Balaban J connectivity index is 1.31. The van der Waals surface area contributed by atoms with Crippen molar-refractivity contribution in [2.75, 3.05) is 19.7 Å². The standard InChI is InChI=1S/C22H24FNO5/c23-19-4-2-1-3-15(19)13-28-17-12-22(29-14-17)7-9-24(10-8-22)21(27)18-6-5-16(25)11-20(18)26/h1-6,11,17,25-26H,7-10,12-14H2. The molecule has 2 saturated heterocycles. The van der Waals surface area contributed by atoms with Gasteiger partial charge in [-0.2, -0.15) is 0 Å². The Labute approximate surface area is 168 Å². The summed E-state index contributed by atoms with van der Waals surface area (Å²) in [7, 11) is 0. The summed E-state index contributed by atoms with van der Waals surface area (Å²) in [6, 6.07) is 10.5. The molecule has 4 rings (SSSR count). The molecule has 2 aromatic rings. The van der Waals surface area contributed by atoms with Crippen LogP contribution in [-0.4, -0.2) is 52.4 Å². The van der Waals surface area contributed by atoms with E-state index < -0.39 is 0 Å². The van der Waals surface area contributed by atoms with Gasteiger partial charge < -0.3 is 24.6 Å². The fourth-order valence-corrected chi connectivity index (χ4v) is 4.07. The van der Waals surface area contributed by atoms with Crippen molar-refractivity contribution < 1.29 is 28.9 Å². The quantitative estimate of drug-likeness (QED) is 0.823. The van der Waals surface area contributed by atoms with E-state index in [1.165, 1.54) is 18.2 Å². The number of carbonyl (C=O) groups excluding carboxylic acids is 1. The molecular weight excluding hydrogens is 377 g/mol. The molecule has 0 aromatic heterocycles. The summed E-state index contributed by atoms with van der Waals surface area (Å²) in [4.78, 5) is 14.4. The third-order valence-corrected chi connectivity index (χ3v) is 5.78. The summed E-state index contributed by atoms with van der Waals surface area (Å²) in [6.45, 7) is 1.70. The maximum absolute atomic E-state index is 13.7. The first-order valence-corrected chi connectivity index (χ1v) is 9.76. The fourth-order valence-electron chi connectivity index (χ4n) is 4.07. The van der Waals surface area contributed by atoms with E-state index in [0.717, 1.165) is 6.07 Å². The lowest BCUT2D eigenvalue weighted by molar-refractivity contribution is -0.0413. The zero-order chi connectivity index (χ0) is 20.4. The van der Waals surface area contributed by atoms with E-state index in [4.69, 9.17) is 9.47 Å². The van der Waals surface area contributed by atoms with Crippen LogP contribution in [0.15, 0.2) is 42.5 Å². The molecule has 2 aliphatic rings. The molecule has 0 radical (unpaired) electrons. The predicted molar refractivity (Wildman–Crippen MR) is 103 cm³/mol. The molecular formula is C22H24FNO5. The molecule has 2 heterocycles. The molecule has 2 aliphatic heterocycles. The average molecular weight is 401 g/mol. The third kappa shape index (κ3) is 4.21. The summed E-state index contributed by atoms with van der Waals surface area (Å²) in [5.74, 6) is -0.848. The molecule has 0 aliphatic carbocycles. The first-order chi connectivity index (χ1) is 14.0. The number of rotatable bonds is 4. The van der Waals surface area contributed by atoms with Crippen LogP contribution in [0.25, 0.3) is 0 Å². The minimum Gasteiger partial charge on any atom is -0.508 e. The summed E-state index contributed by atoms with van der Waals surface area (Å²) < 4.78 is 25.7. The first kappa shape index (κ1) is 19.7. The number of ether oxygens (including phenoxy) is 2. The van der Waals surface area contributed by atoms with Crippen molar-refractivity contribution in [1.82, 2.24) is 4.90 Å². The Hall–Kier alpha value is -2.64. The van der Waals surface area contributed by atoms with Gasteiger partial charge in [-0.15, -0.1) is 0 Å². The highest BCUT2D eigenvalue weighted by atomic mass is 19.1. The number of hydrogen-bond donors (Lipinski definition) is 2. The van der Waals surface area contributed by atoms with Gasteiger partial charge in [-0.3, -0.25) is 4.79 Å². The van der Waals surface area contributed by atoms with Crippen LogP contribution in [0.5, 0.6) is 11.5 Å². The van der Waals surface area contributed by atoms with Gasteiger partial charge in [0.1, 0.15) is 17.3 Å². The normalized spacial score (nSPS) is 20.9. The highest BCUT2D eigenvalue weighted by Gasteiger charge is 2.44. The van der Waals surface area contributed by atoms with Gasteiger partial charge in [0.25, 0.3) is 5.91 Å². The van der Waals surface area contributed by atoms with E-state index >= 15 is 0 Å². The van der Waals surface area contributed by atoms with Crippen LogP contribution in [0.1, 0.15) is 35.2 Å². The zero-order valence-corrected chi connectivity index (χ0v) is 16.0. The van der Waals surface area contributed by atoms with E-state index in [-0.39, 0.29) is 47.1 Å². The molecule has 2 fully saturated rings. The van der Waals surface area contributed by atoms with E-state index in [9.17, 15) is 19.4 Å². The number of halogens is 1. The van der Waals surface area contributed by atoms with Crippen molar-refractivity contribution in [3.63, 3.8) is 0 Å². The Bertz CT molecular complexity index is 895. The number of aromatic hydroxyl groups is 2. The predicted octanol–water partition coefficient (Wildman–Crippen LogP) is 3.22. The second-order valence-electron chi connectivity index (χ2n) is 7.72. The van der Waals surface area contributed by atoms with E-state index in [2.05, 4.69) is 0 Å². The van der Waals surface area contributed by atoms with Crippen LogP contribution >= 0.6 is 0 Å². The second kappa shape index (κ2) is 8.00. The molecule has 154 valence electrons. The van der Waals surface area contributed by atoms with Crippen molar-refractivity contribution in [1.29, 1.82) is 0 Å². The summed E-state index contributed by atoms with van der Waals surface area (Å²) in [5.41, 5.74) is 0.382. The second-order valence-corrected chi connectivity index (χ2v) is 7.72. The first-order valence-electron chi connectivity index (χ1n) is 9.76. The zero-order valence-electron chi connectivity index (χ0n) is 16.0. The van der Waals surface area contributed by atoms with Crippen LogP contribution in [0.4, 0.5) is 4.39 Å². The number of benzene rings is 2. The van der Waals surface area contributed by atoms with Gasteiger partial charge in [0.15, 0.2) is 0 Å². The van der Waals surface area contributed by atoms with E-state index in [1.807, 2.05) is 0 Å². The van der Waals surface area contributed by atoms with Crippen LogP contribution in [0.3, 0.4) is 0 Å². The highest BCUT2D eigenvalue weighted by molar-refractivity contribution is 5.97. The minimum atomic E-state index is -0.326. The number of phenols is 2. The molecule has 0 saturated carbocycles. The molecule has 0 bridgehead atoms. The fraction of sp³-hybridized carbons (Fsp3) is 0.409. The van der Waals surface area contributed by atoms with Crippen molar-refractivity contribution in [3.8, 4) is 11.5 Å². The Morgan fingerprint density at radius 3 is 2.69 bits per heavy atom. The van der Waals surface area contributed by atoms with Gasteiger partial charge in [0.05, 0.1) is 30.5 Å². The maximum atomic E-state index is 13.7. The summed E-state index contributed by atoms with van der Waals surface area (Å²) in [5, 5.41) is 19.3. The number of phenolic OH excluding ortho intramolecular Hbond substituents is 2. The van der Waals surface area contributed by atoms with Gasteiger partial charge in [-0.05, 0) is 31.0 Å². The lowest BCUT2D eigenvalue weighted by Crippen LogP contribution is -2.46. The van der Waals surface area contributed by atoms with Gasteiger partial charge in [0.2, 0.25) is 0 Å². The smallest absolute Gasteiger partial charge is 0.257 e. The monoisotopic (exact) mass is 401 g/mol. The average Bonchev–Trinajstić information content (AvgIpc) is 3.10. The van der Waals surface area contributed by atoms with Crippen LogP contribution < -0.4 is 0 Å². The number of amides is 1. The minimum absolute atomic E-state index is 0.0857. The number of piperidine rings is 1. The van der Waals surface area contributed by atoms with Gasteiger partial charge in [-0.25, -0.2) is 4.39 Å². The number of carbonyl (C=O) groups is 1. The third-order valence-electron chi connectivity index (χ3n) is 5.78. The van der Waals surface area contributed by atoms with Crippen LogP contribution in [0.2, 0.25) is 0 Å². The van der Waals surface area contributed by atoms with Gasteiger partial charge in [0, 0.05) is 31.1 Å². The number of likely N-dealkylation sites (tertiary alicyclic amines) is 1. The molecule has 1 unspecified atom stereocenters. The number of nitrogens with zero attached hydrogens (tertiary/aromatic N) is 1. The van der Waals surface area contributed by atoms with E-state index in [0.29, 0.717) is 44.5 Å². The molecule has 2 aromatic carbocycles. The topological polar surface area (TPSA) is 79.2 Å². The molecule has 29 heavy (non-hydrogen) atoms. The van der Waals surface area contributed by atoms with Crippen molar-refractivity contribution in [2.45, 2.75) is 37.6 Å². The number of hydrogen-bond acceptors (Lipinski definition) is 5. The molecule has 1 amide bonds. The Morgan fingerprint density at radius 1 is 1.21 bits per heavy atom. The molecule has 7 heteroatoms. The molecule has 1 spiro atoms. The molecule has 2 N–H and O–H groups in total. The largest absolute Gasteiger partial charge is 0.508 e. The van der Waals surface area contributed by atoms with Crippen molar-refractivity contribution in [2.24, 2.45) is 0 Å². The van der Waals surface area contributed by atoms with Crippen molar-refractivity contribution in [3.05, 3.63) is 59.4 Å². The van der Waals surface area contributed by atoms with Gasteiger partial charge in [-0.1, -0.05) is 18.2 Å². The SMILES string of the molecule is O=C(c1ccc(O)cc1O)N1CCC2(CC1)CC(OCc1ccccc1F)CO2. The van der Waals surface area contributed by atoms with Gasteiger partial charge >= 0.3 is 0 Å². The lowest BCUT2D eigenvalue weighted by Gasteiger charge is -2.38. The summed E-state index contributed by atoms with van der Waals surface area (Å²) in [6.07, 6.45) is 1.97. The highest BCUT2D eigenvalue weighted by Crippen LogP contribution is 2.38. The Kier molecular flexibility index (Phi) is 5.43. The van der Waals surface area contributed by atoms with Crippen LogP contribution in [-0.2, 0) is 16.1 Å². The van der Waals surface area contributed by atoms with Crippen molar-refractivity contribution >= 4 is 5.91 Å². The summed E-state index contributed by atoms with van der Waals surface area (Å²) >= 11 is 0. The van der Waals surface area contributed by atoms with E-state index in [1.54, 1.807) is 23.1 Å². The maximum Gasteiger partial charge on any atom is 0.257 e. The Morgan fingerprint density at radius 2 is 1.97 bits per heavy atom. The van der Waals surface area contributed by atoms with Crippen LogP contribution in [0, 0.1) is 5.82 Å². The lowest BCUT2D eigenvalue weighted by atomic mass is 9.87.